The minimum atomic E-state index is 0.0550. The van der Waals surface area contributed by atoms with Gasteiger partial charge in [0.05, 0.1) is 6.10 Å². The molecule has 64 valence electrons. The quantitative estimate of drug-likeness (QED) is 0.630. The summed E-state index contributed by atoms with van der Waals surface area (Å²) in [6.07, 6.45) is 2.14. The number of carbonyl (C=O) groups excluding carboxylic acids is 1. The number of hydrogen-bond acceptors (Lipinski definition) is 4. The molecule has 1 aromatic rings. The fourth-order valence-corrected chi connectivity index (χ4v) is 0.720. The summed E-state index contributed by atoms with van der Waals surface area (Å²) >= 11 is 0. The SMILES string of the molecule is CC(C)Oc1ccnc(C=O)n1. The number of aldehydes is 1. The van der Waals surface area contributed by atoms with Crippen molar-refractivity contribution in [2.75, 3.05) is 0 Å². The third-order valence-corrected chi connectivity index (χ3v) is 1.11. The van der Waals surface area contributed by atoms with Gasteiger partial charge in [-0.15, -0.1) is 0 Å². The normalized spacial score (nSPS) is 9.92. The van der Waals surface area contributed by atoms with Crippen LogP contribution in [0.1, 0.15) is 24.5 Å². The molecule has 0 aromatic carbocycles. The van der Waals surface area contributed by atoms with Gasteiger partial charge in [-0.2, -0.15) is 4.98 Å². The topological polar surface area (TPSA) is 52.1 Å². The van der Waals surface area contributed by atoms with Crippen molar-refractivity contribution in [3.63, 3.8) is 0 Å². The van der Waals surface area contributed by atoms with Gasteiger partial charge in [0.15, 0.2) is 12.1 Å². The van der Waals surface area contributed by atoms with Gasteiger partial charge in [0.1, 0.15) is 0 Å². The summed E-state index contributed by atoms with van der Waals surface area (Å²) in [5.74, 6) is 0.579. The maximum absolute atomic E-state index is 10.3. The first-order chi connectivity index (χ1) is 5.72. The van der Waals surface area contributed by atoms with Crippen LogP contribution in [0, 0.1) is 0 Å². The predicted octanol–water partition coefficient (Wildman–Crippen LogP) is 1.08. The van der Waals surface area contributed by atoms with E-state index in [9.17, 15) is 4.79 Å². The number of rotatable bonds is 3. The molecule has 0 aliphatic rings. The lowest BCUT2D eigenvalue weighted by Crippen LogP contribution is -2.07. The third kappa shape index (κ3) is 2.30. The lowest BCUT2D eigenvalue weighted by Gasteiger charge is -2.07. The first kappa shape index (κ1) is 8.64. The molecule has 0 unspecified atom stereocenters. The molecule has 0 N–H and O–H groups in total. The van der Waals surface area contributed by atoms with E-state index < -0.39 is 0 Å². The Balaban J connectivity index is 2.79. The van der Waals surface area contributed by atoms with Crippen molar-refractivity contribution in [3.05, 3.63) is 18.1 Å². The summed E-state index contributed by atoms with van der Waals surface area (Å²) in [7, 11) is 0. The van der Waals surface area contributed by atoms with Gasteiger partial charge in [-0.05, 0) is 13.8 Å². The van der Waals surface area contributed by atoms with Crippen LogP contribution in [0.3, 0.4) is 0 Å². The Bertz CT molecular complexity index is 274. The molecule has 0 spiro atoms. The minimum absolute atomic E-state index is 0.0550. The average Bonchev–Trinajstić information content (AvgIpc) is 2.03. The summed E-state index contributed by atoms with van der Waals surface area (Å²) < 4.78 is 5.25. The number of carbonyl (C=O) groups is 1. The minimum Gasteiger partial charge on any atom is -0.475 e. The summed E-state index contributed by atoms with van der Waals surface area (Å²) in [5.41, 5.74) is 0. The first-order valence-corrected chi connectivity index (χ1v) is 3.67. The zero-order valence-electron chi connectivity index (χ0n) is 7.02. The van der Waals surface area contributed by atoms with E-state index in [4.69, 9.17) is 4.74 Å². The monoisotopic (exact) mass is 166 g/mol. The van der Waals surface area contributed by atoms with E-state index in [1.807, 2.05) is 13.8 Å². The highest BCUT2D eigenvalue weighted by atomic mass is 16.5. The Hall–Kier alpha value is -1.45. The second kappa shape index (κ2) is 3.80. The predicted molar refractivity (Wildman–Crippen MR) is 43.2 cm³/mol. The van der Waals surface area contributed by atoms with Crippen LogP contribution < -0.4 is 4.74 Å². The molecule has 12 heavy (non-hydrogen) atoms. The van der Waals surface area contributed by atoms with Crippen molar-refractivity contribution >= 4 is 6.29 Å². The molecule has 1 rings (SSSR count). The Morgan fingerprint density at radius 3 is 2.92 bits per heavy atom. The van der Waals surface area contributed by atoms with Crippen LogP contribution in [0.25, 0.3) is 0 Å². The van der Waals surface area contributed by atoms with Crippen LogP contribution in [0.4, 0.5) is 0 Å². The summed E-state index contributed by atoms with van der Waals surface area (Å²) in [6.45, 7) is 3.78. The van der Waals surface area contributed by atoms with Gasteiger partial charge in [0.2, 0.25) is 5.88 Å². The standard InChI is InChI=1S/C8H10N2O2/c1-6(2)12-8-3-4-9-7(5-11)10-8/h3-6H,1-2H3. The van der Waals surface area contributed by atoms with E-state index in [2.05, 4.69) is 9.97 Å². The highest BCUT2D eigenvalue weighted by Gasteiger charge is 2.00. The van der Waals surface area contributed by atoms with Crippen molar-refractivity contribution in [1.29, 1.82) is 0 Å². The number of hydrogen-bond donors (Lipinski definition) is 0. The molecule has 0 amide bonds. The van der Waals surface area contributed by atoms with Crippen LogP contribution in [-0.2, 0) is 0 Å². The molecule has 0 atom stereocenters. The van der Waals surface area contributed by atoms with Crippen molar-refractivity contribution in [3.8, 4) is 5.88 Å². The lowest BCUT2D eigenvalue weighted by molar-refractivity contribution is 0.111. The molecule has 1 aromatic heterocycles. The van der Waals surface area contributed by atoms with Gasteiger partial charge in [-0.3, -0.25) is 4.79 Å². The van der Waals surface area contributed by atoms with Crippen LogP contribution in [0.15, 0.2) is 12.3 Å². The van der Waals surface area contributed by atoms with Crippen molar-refractivity contribution < 1.29 is 9.53 Å². The smallest absolute Gasteiger partial charge is 0.217 e. The van der Waals surface area contributed by atoms with Crippen molar-refractivity contribution in [1.82, 2.24) is 9.97 Å². The Morgan fingerprint density at radius 1 is 1.58 bits per heavy atom. The highest BCUT2D eigenvalue weighted by molar-refractivity contribution is 5.68. The molecule has 0 saturated heterocycles. The molecule has 0 bridgehead atoms. The second-order valence-corrected chi connectivity index (χ2v) is 2.54. The fraction of sp³-hybridized carbons (Fsp3) is 0.375. The van der Waals surface area contributed by atoms with Gasteiger partial charge in [0.25, 0.3) is 0 Å². The van der Waals surface area contributed by atoms with E-state index in [1.54, 1.807) is 6.07 Å². The largest absolute Gasteiger partial charge is 0.475 e. The van der Waals surface area contributed by atoms with Crippen LogP contribution >= 0.6 is 0 Å². The van der Waals surface area contributed by atoms with Gasteiger partial charge in [-0.1, -0.05) is 0 Å². The molecular weight excluding hydrogens is 156 g/mol. The summed E-state index contributed by atoms with van der Waals surface area (Å²) in [6, 6.07) is 1.62. The van der Waals surface area contributed by atoms with Crippen LogP contribution in [0.2, 0.25) is 0 Å². The van der Waals surface area contributed by atoms with Gasteiger partial charge in [0, 0.05) is 12.3 Å². The number of nitrogens with zero attached hydrogens (tertiary/aromatic N) is 2. The molecule has 0 aliphatic heterocycles. The van der Waals surface area contributed by atoms with Crippen LogP contribution in [-0.4, -0.2) is 22.4 Å². The summed E-state index contributed by atoms with van der Waals surface area (Å²) in [4.78, 5) is 17.8. The molecule has 0 radical (unpaired) electrons. The summed E-state index contributed by atoms with van der Waals surface area (Å²) in [5, 5.41) is 0. The third-order valence-electron chi connectivity index (χ3n) is 1.11. The maximum Gasteiger partial charge on any atom is 0.217 e. The molecular formula is C8H10N2O2. The molecule has 0 fully saturated rings. The fourth-order valence-electron chi connectivity index (χ4n) is 0.720. The van der Waals surface area contributed by atoms with Crippen LogP contribution in [0.5, 0.6) is 5.88 Å². The second-order valence-electron chi connectivity index (χ2n) is 2.54. The zero-order valence-corrected chi connectivity index (χ0v) is 7.02. The van der Waals surface area contributed by atoms with Crippen molar-refractivity contribution in [2.24, 2.45) is 0 Å². The van der Waals surface area contributed by atoms with Crippen molar-refractivity contribution in [2.45, 2.75) is 20.0 Å². The Labute approximate surface area is 70.6 Å². The van der Waals surface area contributed by atoms with Gasteiger partial charge in [-0.25, -0.2) is 4.98 Å². The lowest BCUT2D eigenvalue weighted by atomic mass is 10.5. The Kier molecular flexibility index (Phi) is 2.74. The van der Waals surface area contributed by atoms with E-state index >= 15 is 0 Å². The van der Waals surface area contributed by atoms with E-state index in [0.29, 0.717) is 12.2 Å². The molecule has 1 heterocycles. The molecule has 0 aliphatic carbocycles. The Morgan fingerprint density at radius 2 is 2.33 bits per heavy atom. The number of ether oxygens (including phenoxy) is 1. The molecule has 4 heteroatoms. The average molecular weight is 166 g/mol. The molecule has 4 nitrogen and oxygen atoms in total. The van der Waals surface area contributed by atoms with E-state index in [0.717, 1.165) is 0 Å². The first-order valence-electron chi connectivity index (χ1n) is 3.67. The number of aromatic nitrogens is 2. The van der Waals surface area contributed by atoms with E-state index in [1.165, 1.54) is 6.20 Å². The van der Waals surface area contributed by atoms with E-state index in [-0.39, 0.29) is 11.9 Å². The zero-order chi connectivity index (χ0) is 8.97. The van der Waals surface area contributed by atoms with Gasteiger partial charge >= 0.3 is 0 Å². The highest BCUT2D eigenvalue weighted by Crippen LogP contribution is 2.05. The maximum atomic E-state index is 10.3. The van der Waals surface area contributed by atoms with Gasteiger partial charge < -0.3 is 4.74 Å². The molecule has 0 saturated carbocycles.